The quantitative estimate of drug-likeness (QED) is 0.0982. The Morgan fingerprint density at radius 2 is 0.761 bits per heavy atom. The van der Waals surface area contributed by atoms with Crippen LogP contribution in [0.5, 0.6) is 0 Å². The van der Waals surface area contributed by atoms with Crippen LogP contribution in [0.15, 0.2) is 279 Å². The number of rotatable bonds is 10. The third-order valence-electron chi connectivity index (χ3n) is 13.5. The van der Waals surface area contributed by atoms with Crippen molar-refractivity contribution in [1.29, 1.82) is 0 Å². The molecule has 0 aliphatic carbocycles. The molecule has 0 radical (unpaired) electrons. The van der Waals surface area contributed by atoms with Crippen molar-refractivity contribution in [2.24, 2.45) is 0 Å². The molecule has 316 valence electrons. The third-order valence-corrected chi connectivity index (χ3v) is 18.3. The Kier molecular flexibility index (Phi) is 10.2. The highest BCUT2D eigenvalue weighted by atomic mass is 28.3. The highest BCUT2D eigenvalue weighted by Crippen LogP contribution is 2.41. The standard InChI is InChI=1S/C64H46N2Si/c1-6-19-47(20-7-1)49-33-34-51-46-55(40-37-50(51)45-49)65(54-41-43-59(44-42-54)67(56-23-10-3-11-24-56,57-25-12-4-13-26-57)58-27-14-5-15-28-58)53-38-35-48(36-39-53)60-30-18-32-63-64(60)61-29-16-17-31-62(61)66(63)52-21-8-2-9-22-52/h1-46H. The van der Waals surface area contributed by atoms with Gasteiger partial charge in [-0.2, -0.15) is 0 Å². The molecule has 0 saturated carbocycles. The maximum Gasteiger partial charge on any atom is 0.179 e. The fourth-order valence-corrected chi connectivity index (χ4v) is 15.2. The van der Waals surface area contributed by atoms with Gasteiger partial charge in [0.15, 0.2) is 8.07 Å². The number of benzene rings is 11. The summed E-state index contributed by atoms with van der Waals surface area (Å²) in [4.78, 5) is 2.41. The van der Waals surface area contributed by atoms with Crippen molar-refractivity contribution in [2.45, 2.75) is 0 Å². The minimum Gasteiger partial charge on any atom is -0.310 e. The van der Waals surface area contributed by atoms with E-state index in [1.165, 1.54) is 75.6 Å². The number of hydrogen-bond donors (Lipinski definition) is 0. The molecule has 0 spiro atoms. The van der Waals surface area contributed by atoms with Crippen LogP contribution in [0.2, 0.25) is 0 Å². The molecule has 1 aromatic heterocycles. The second-order valence-corrected chi connectivity index (χ2v) is 21.1. The van der Waals surface area contributed by atoms with E-state index in [-0.39, 0.29) is 0 Å². The molecular weight excluding hydrogens is 825 g/mol. The fraction of sp³-hybridized carbons (Fsp3) is 0. The first-order valence-corrected chi connectivity index (χ1v) is 25.1. The van der Waals surface area contributed by atoms with E-state index in [2.05, 4.69) is 289 Å². The number of anilines is 3. The van der Waals surface area contributed by atoms with E-state index >= 15 is 0 Å². The monoisotopic (exact) mass is 870 g/mol. The molecule has 0 aliphatic rings. The van der Waals surface area contributed by atoms with Crippen molar-refractivity contribution in [1.82, 2.24) is 4.57 Å². The molecule has 0 aliphatic heterocycles. The molecule has 0 amide bonds. The minimum atomic E-state index is -2.71. The maximum absolute atomic E-state index is 2.71. The second kappa shape index (κ2) is 17.1. The lowest BCUT2D eigenvalue weighted by atomic mass is 9.98. The Balaban J connectivity index is 1.01. The molecule has 12 aromatic rings. The predicted molar refractivity (Wildman–Crippen MR) is 287 cm³/mol. The number of para-hydroxylation sites is 2. The van der Waals surface area contributed by atoms with Gasteiger partial charge in [0.05, 0.1) is 11.0 Å². The van der Waals surface area contributed by atoms with Gasteiger partial charge in [-0.1, -0.05) is 212 Å². The summed E-state index contributed by atoms with van der Waals surface area (Å²) in [7, 11) is -2.71. The van der Waals surface area contributed by atoms with Crippen LogP contribution in [-0.4, -0.2) is 12.6 Å². The summed E-state index contributed by atoms with van der Waals surface area (Å²) in [6.45, 7) is 0. The minimum absolute atomic E-state index is 1.09. The Labute approximate surface area is 392 Å². The fourth-order valence-electron chi connectivity index (χ4n) is 10.5. The van der Waals surface area contributed by atoms with Gasteiger partial charge < -0.3 is 9.47 Å². The van der Waals surface area contributed by atoms with Crippen molar-refractivity contribution >= 4 is 78.5 Å². The highest BCUT2D eigenvalue weighted by molar-refractivity contribution is 7.19. The first-order valence-electron chi connectivity index (χ1n) is 23.1. The molecule has 11 aromatic carbocycles. The third kappa shape index (κ3) is 7.05. The lowest BCUT2D eigenvalue weighted by Crippen LogP contribution is -2.74. The van der Waals surface area contributed by atoms with Crippen LogP contribution in [0.25, 0.3) is 60.5 Å². The zero-order chi connectivity index (χ0) is 44.6. The van der Waals surface area contributed by atoms with Gasteiger partial charge in [0.25, 0.3) is 0 Å². The molecule has 12 rings (SSSR count). The zero-order valence-electron chi connectivity index (χ0n) is 37.0. The number of hydrogen-bond acceptors (Lipinski definition) is 1. The predicted octanol–water partition coefficient (Wildman–Crippen LogP) is 14.1. The van der Waals surface area contributed by atoms with E-state index in [4.69, 9.17) is 0 Å². The topological polar surface area (TPSA) is 8.17 Å². The van der Waals surface area contributed by atoms with Crippen molar-refractivity contribution in [2.75, 3.05) is 4.90 Å². The van der Waals surface area contributed by atoms with Gasteiger partial charge in [0.1, 0.15) is 0 Å². The molecule has 67 heavy (non-hydrogen) atoms. The molecule has 3 heteroatoms. The molecule has 0 fully saturated rings. The van der Waals surface area contributed by atoms with Crippen LogP contribution in [0.4, 0.5) is 17.1 Å². The van der Waals surface area contributed by atoms with Crippen molar-refractivity contribution in [3.63, 3.8) is 0 Å². The number of fused-ring (bicyclic) bond motifs is 4. The molecular formula is C64H46N2Si. The van der Waals surface area contributed by atoms with Gasteiger partial charge in [-0.05, 0) is 121 Å². The van der Waals surface area contributed by atoms with E-state index in [9.17, 15) is 0 Å². The van der Waals surface area contributed by atoms with Gasteiger partial charge >= 0.3 is 0 Å². The number of aromatic nitrogens is 1. The van der Waals surface area contributed by atoms with E-state index in [1.54, 1.807) is 0 Å². The Hall–Kier alpha value is -8.50. The first kappa shape index (κ1) is 40.0. The average Bonchev–Trinajstić information content (AvgIpc) is 3.76. The Morgan fingerprint density at radius 1 is 0.299 bits per heavy atom. The summed E-state index contributed by atoms with van der Waals surface area (Å²) in [5.41, 5.74) is 11.7. The lowest BCUT2D eigenvalue weighted by molar-refractivity contribution is 1.18. The second-order valence-electron chi connectivity index (χ2n) is 17.3. The summed E-state index contributed by atoms with van der Waals surface area (Å²) < 4.78 is 2.39. The van der Waals surface area contributed by atoms with Crippen LogP contribution in [0.3, 0.4) is 0 Å². The van der Waals surface area contributed by atoms with E-state index in [1.807, 2.05) is 0 Å². The van der Waals surface area contributed by atoms with Crippen molar-refractivity contribution in [3.05, 3.63) is 279 Å². The van der Waals surface area contributed by atoms with E-state index < -0.39 is 8.07 Å². The zero-order valence-corrected chi connectivity index (χ0v) is 38.0. The normalized spacial score (nSPS) is 11.6. The van der Waals surface area contributed by atoms with Gasteiger partial charge in [0.2, 0.25) is 0 Å². The summed E-state index contributed by atoms with van der Waals surface area (Å²) in [6.07, 6.45) is 0. The SMILES string of the molecule is c1ccc(-c2ccc3cc(N(c4ccc(-c5cccc6c5c5ccccc5n6-c5ccccc5)cc4)c4ccc([Si](c5ccccc5)(c5ccccc5)c5ccccc5)cc4)ccc3c2)cc1. The molecule has 0 N–H and O–H groups in total. The summed E-state index contributed by atoms with van der Waals surface area (Å²) in [6, 6.07) is 103. The van der Waals surface area contributed by atoms with E-state index in [0.717, 1.165) is 22.7 Å². The molecule has 0 bridgehead atoms. The summed E-state index contributed by atoms with van der Waals surface area (Å²) in [5.74, 6) is 0. The van der Waals surface area contributed by atoms with Gasteiger partial charge in [0, 0.05) is 33.5 Å². The Morgan fingerprint density at radius 3 is 1.39 bits per heavy atom. The Bertz CT molecular complexity index is 3550. The van der Waals surface area contributed by atoms with Gasteiger partial charge in [-0.3, -0.25) is 0 Å². The molecule has 0 unspecified atom stereocenters. The lowest BCUT2D eigenvalue weighted by Gasteiger charge is -2.35. The van der Waals surface area contributed by atoms with Crippen LogP contribution < -0.4 is 25.6 Å². The summed E-state index contributed by atoms with van der Waals surface area (Å²) in [5, 5.41) is 10.3. The molecule has 1 heterocycles. The van der Waals surface area contributed by atoms with E-state index in [0.29, 0.717) is 0 Å². The smallest absolute Gasteiger partial charge is 0.179 e. The molecule has 0 atom stereocenters. The van der Waals surface area contributed by atoms with Crippen LogP contribution in [0, 0.1) is 0 Å². The van der Waals surface area contributed by atoms with Crippen LogP contribution in [-0.2, 0) is 0 Å². The van der Waals surface area contributed by atoms with Gasteiger partial charge in [-0.25, -0.2) is 0 Å². The largest absolute Gasteiger partial charge is 0.310 e. The van der Waals surface area contributed by atoms with Crippen LogP contribution in [0.1, 0.15) is 0 Å². The maximum atomic E-state index is 2.41. The van der Waals surface area contributed by atoms with Crippen molar-refractivity contribution < 1.29 is 0 Å². The highest BCUT2D eigenvalue weighted by Gasteiger charge is 2.41. The summed E-state index contributed by atoms with van der Waals surface area (Å²) >= 11 is 0. The van der Waals surface area contributed by atoms with Gasteiger partial charge in [-0.15, -0.1) is 0 Å². The van der Waals surface area contributed by atoms with Crippen molar-refractivity contribution in [3.8, 4) is 27.9 Å². The first-order chi connectivity index (χ1) is 33.2. The van der Waals surface area contributed by atoms with Crippen LogP contribution >= 0.6 is 0 Å². The number of nitrogens with zero attached hydrogens (tertiary/aromatic N) is 2. The molecule has 0 saturated heterocycles. The average molecular weight is 871 g/mol. The molecule has 2 nitrogen and oxygen atoms in total.